The summed E-state index contributed by atoms with van der Waals surface area (Å²) in [6, 6.07) is 4.05. The monoisotopic (exact) mass is 247 g/mol. The molecule has 0 spiro atoms. The van der Waals surface area contributed by atoms with Gasteiger partial charge in [0.25, 0.3) is 0 Å². The van der Waals surface area contributed by atoms with E-state index in [-0.39, 0.29) is 24.3 Å². The Morgan fingerprint density at radius 1 is 1.53 bits per heavy atom. The van der Waals surface area contributed by atoms with Crippen molar-refractivity contribution in [2.24, 2.45) is 16.5 Å². The molecule has 6 N–H and O–H groups in total. The van der Waals surface area contributed by atoms with Gasteiger partial charge in [0, 0.05) is 17.8 Å². The minimum atomic E-state index is -0.192. The molecule has 0 aromatic carbocycles. The molecule has 1 heterocycles. The maximum Gasteiger partial charge on any atom is 0.195 e. The average Bonchev–Trinajstić information content (AvgIpc) is 2.55. The van der Waals surface area contributed by atoms with Gasteiger partial charge in [-0.25, -0.2) is 0 Å². The van der Waals surface area contributed by atoms with Crippen LogP contribution in [0.5, 0.6) is 0 Å². The van der Waals surface area contributed by atoms with Gasteiger partial charge < -0.3 is 11.5 Å². The van der Waals surface area contributed by atoms with Crippen LogP contribution in [0.15, 0.2) is 22.5 Å². The fourth-order valence-electron chi connectivity index (χ4n) is 0.919. The normalized spacial score (nSPS) is 10.5. The Morgan fingerprint density at radius 3 is 2.80 bits per heavy atom. The first-order valence-corrected chi connectivity index (χ1v) is 5.00. The van der Waals surface area contributed by atoms with Gasteiger partial charge in [-0.1, -0.05) is 6.07 Å². The lowest BCUT2D eigenvalue weighted by atomic mass is 10.3. The van der Waals surface area contributed by atoms with Gasteiger partial charge in [0.1, 0.15) is 0 Å². The summed E-state index contributed by atoms with van der Waals surface area (Å²) < 4.78 is 0. The van der Waals surface area contributed by atoms with E-state index in [1.54, 1.807) is 11.3 Å². The van der Waals surface area contributed by atoms with Crippen LogP contribution in [0.25, 0.3) is 0 Å². The predicted octanol–water partition coefficient (Wildman–Crippen LogP) is 0.510. The third kappa shape index (κ3) is 5.92. The molecule has 1 aromatic rings. The number of halogens is 1. The number of aliphatic imine (C=N–C) groups is 1. The highest BCUT2D eigenvalue weighted by Crippen LogP contribution is 2.08. The van der Waals surface area contributed by atoms with Crippen molar-refractivity contribution in [1.82, 2.24) is 5.32 Å². The van der Waals surface area contributed by atoms with Crippen LogP contribution in [-0.4, -0.2) is 18.5 Å². The van der Waals surface area contributed by atoms with Crippen molar-refractivity contribution in [3.05, 3.63) is 22.4 Å². The molecule has 0 bridgehead atoms. The predicted molar refractivity (Wildman–Crippen MR) is 66.8 cm³/mol. The highest BCUT2D eigenvalue weighted by atomic mass is 35.5. The SMILES string of the molecule is Cl.N=C(N)NC(N)=NCCc1cccs1. The maximum atomic E-state index is 6.91. The van der Waals surface area contributed by atoms with Crippen molar-refractivity contribution in [2.75, 3.05) is 6.54 Å². The molecule has 5 nitrogen and oxygen atoms in total. The van der Waals surface area contributed by atoms with Crippen molar-refractivity contribution in [3.63, 3.8) is 0 Å². The van der Waals surface area contributed by atoms with E-state index < -0.39 is 0 Å². The van der Waals surface area contributed by atoms with E-state index in [4.69, 9.17) is 16.9 Å². The van der Waals surface area contributed by atoms with Crippen molar-refractivity contribution >= 4 is 35.7 Å². The van der Waals surface area contributed by atoms with Gasteiger partial charge in [-0.2, -0.15) is 0 Å². The molecule has 0 saturated carbocycles. The number of nitrogens with zero attached hydrogens (tertiary/aromatic N) is 1. The van der Waals surface area contributed by atoms with Crippen LogP contribution in [0.4, 0.5) is 0 Å². The highest BCUT2D eigenvalue weighted by Gasteiger charge is 1.94. The fraction of sp³-hybridized carbons (Fsp3) is 0.250. The summed E-state index contributed by atoms with van der Waals surface area (Å²) >= 11 is 1.69. The van der Waals surface area contributed by atoms with E-state index in [0.29, 0.717) is 6.54 Å². The first kappa shape index (κ1) is 13.7. The number of hydrogen-bond donors (Lipinski definition) is 4. The summed E-state index contributed by atoms with van der Waals surface area (Å²) in [5, 5.41) is 11.3. The summed E-state index contributed by atoms with van der Waals surface area (Å²) in [5.74, 6) is -0.00331. The van der Waals surface area contributed by atoms with E-state index in [1.165, 1.54) is 4.88 Å². The number of thiophene rings is 1. The molecule has 1 rings (SSSR count). The number of nitrogens with two attached hydrogens (primary N) is 2. The molecule has 0 saturated heterocycles. The van der Waals surface area contributed by atoms with E-state index in [0.717, 1.165) is 6.42 Å². The third-order valence-electron chi connectivity index (χ3n) is 1.48. The molecular formula is C8H14ClN5S. The summed E-state index contributed by atoms with van der Waals surface area (Å²) in [5.41, 5.74) is 10.5. The molecule has 15 heavy (non-hydrogen) atoms. The van der Waals surface area contributed by atoms with Crippen LogP contribution in [-0.2, 0) is 6.42 Å². The van der Waals surface area contributed by atoms with Crippen molar-refractivity contribution in [3.8, 4) is 0 Å². The summed E-state index contributed by atoms with van der Waals surface area (Å²) in [7, 11) is 0. The van der Waals surface area contributed by atoms with Gasteiger partial charge in [0.2, 0.25) is 0 Å². The van der Waals surface area contributed by atoms with Crippen LogP contribution in [0.3, 0.4) is 0 Å². The van der Waals surface area contributed by atoms with Gasteiger partial charge in [-0.15, -0.1) is 23.7 Å². The number of guanidine groups is 2. The molecule has 0 radical (unpaired) electrons. The Bertz CT molecular complexity index is 322. The van der Waals surface area contributed by atoms with Crippen molar-refractivity contribution in [2.45, 2.75) is 6.42 Å². The van der Waals surface area contributed by atoms with Crippen LogP contribution >= 0.6 is 23.7 Å². The molecule has 0 amide bonds. The summed E-state index contributed by atoms with van der Waals surface area (Å²) in [4.78, 5) is 5.28. The van der Waals surface area contributed by atoms with Crippen LogP contribution in [0, 0.1) is 5.41 Å². The zero-order chi connectivity index (χ0) is 10.4. The summed E-state index contributed by atoms with van der Waals surface area (Å²) in [6.45, 7) is 0.604. The van der Waals surface area contributed by atoms with E-state index in [1.807, 2.05) is 11.4 Å². The van der Waals surface area contributed by atoms with Crippen LogP contribution in [0.1, 0.15) is 4.88 Å². The second-order valence-corrected chi connectivity index (χ2v) is 3.67. The highest BCUT2D eigenvalue weighted by molar-refractivity contribution is 7.09. The molecule has 0 unspecified atom stereocenters. The molecular weight excluding hydrogens is 234 g/mol. The Labute approximate surface area is 98.5 Å². The lowest BCUT2D eigenvalue weighted by Crippen LogP contribution is -2.40. The molecule has 0 aliphatic rings. The quantitative estimate of drug-likeness (QED) is 0.463. The molecule has 0 aliphatic heterocycles. The topological polar surface area (TPSA) is 100 Å². The van der Waals surface area contributed by atoms with Crippen molar-refractivity contribution in [1.29, 1.82) is 5.41 Å². The van der Waals surface area contributed by atoms with Gasteiger partial charge in [-0.3, -0.25) is 15.7 Å². The number of rotatable bonds is 3. The molecule has 7 heteroatoms. The first-order valence-electron chi connectivity index (χ1n) is 4.12. The van der Waals surface area contributed by atoms with E-state index in [2.05, 4.69) is 16.4 Å². The molecule has 0 aliphatic carbocycles. The Kier molecular flexibility index (Phi) is 6.48. The summed E-state index contributed by atoms with van der Waals surface area (Å²) in [6.07, 6.45) is 0.859. The lowest BCUT2D eigenvalue weighted by Gasteiger charge is -2.01. The average molecular weight is 248 g/mol. The zero-order valence-electron chi connectivity index (χ0n) is 8.06. The Balaban J connectivity index is 0.00000196. The van der Waals surface area contributed by atoms with Gasteiger partial charge in [0.15, 0.2) is 11.9 Å². The maximum absolute atomic E-state index is 6.91. The van der Waals surface area contributed by atoms with Gasteiger partial charge in [-0.05, 0) is 11.4 Å². The molecule has 0 atom stereocenters. The van der Waals surface area contributed by atoms with Gasteiger partial charge >= 0.3 is 0 Å². The standard InChI is InChI=1S/C8H13N5S.ClH/c9-7(10)13-8(11)12-4-3-6-2-1-5-14-6;/h1-2,5H,3-4H2,(H6,9,10,11,12,13);1H. The lowest BCUT2D eigenvalue weighted by molar-refractivity contribution is 0.971. The molecule has 84 valence electrons. The van der Waals surface area contributed by atoms with Crippen LogP contribution < -0.4 is 16.8 Å². The molecule has 1 aromatic heterocycles. The number of hydrogen-bond acceptors (Lipinski definition) is 3. The van der Waals surface area contributed by atoms with E-state index in [9.17, 15) is 0 Å². The van der Waals surface area contributed by atoms with E-state index >= 15 is 0 Å². The number of nitrogens with one attached hydrogen (secondary N) is 2. The largest absolute Gasteiger partial charge is 0.370 e. The van der Waals surface area contributed by atoms with Gasteiger partial charge in [0.05, 0.1) is 0 Å². The zero-order valence-corrected chi connectivity index (χ0v) is 9.70. The second-order valence-electron chi connectivity index (χ2n) is 2.63. The Morgan fingerprint density at radius 2 is 2.27 bits per heavy atom. The first-order chi connectivity index (χ1) is 6.68. The van der Waals surface area contributed by atoms with Crippen LogP contribution in [0.2, 0.25) is 0 Å². The third-order valence-corrected chi connectivity index (χ3v) is 2.42. The minimum absolute atomic E-state index is 0. The Hall–Kier alpha value is -1.27. The van der Waals surface area contributed by atoms with Crippen molar-refractivity contribution < 1.29 is 0 Å². The minimum Gasteiger partial charge on any atom is -0.370 e. The molecule has 0 fully saturated rings. The smallest absolute Gasteiger partial charge is 0.195 e. The fourth-order valence-corrected chi connectivity index (χ4v) is 1.62. The second kappa shape index (κ2) is 7.08.